The van der Waals surface area contributed by atoms with E-state index in [9.17, 15) is 4.79 Å². The van der Waals surface area contributed by atoms with Crippen LogP contribution in [0.4, 0.5) is 6.01 Å². The minimum Gasteiger partial charge on any atom is -0.492 e. The van der Waals surface area contributed by atoms with Crippen molar-refractivity contribution in [1.29, 1.82) is 0 Å². The molecular formula is C18H18N2O3. The Balaban J connectivity index is 1.56. The highest BCUT2D eigenvalue weighted by molar-refractivity contribution is 5.94. The van der Waals surface area contributed by atoms with Gasteiger partial charge in [-0.2, -0.15) is 4.98 Å². The normalized spacial score (nSPS) is 10.7. The molecule has 0 amide bonds. The molecule has 0 atom stereocenters. The summed E-state index contributed by atoms with van der Waals surface area (Å²) in [6.45, 7) is 2.68. The van der Waals surface area contributed by atoms with E-state index in [1.54, 1.807) is 31.2 Å². The van der Waals surface area contributed by atoms with E-state index in [4.69, 9.17) is 9.15 Å². The van der Waals surface area contributed by atoms with Crippen molar-refractivity contribution >= 4 is 22.9 Å². The zero-order valence-electron chi connectivity index (χ0n) is 13.2. The number of aromatic nitrogens is 1. The lowest BCUT2D eigenvalue weighted by molar-refractivity contribution is 0.101. The van der Waals surface area contributed by atoms with E-state index in [0.717, 1.165) is 16.8 Å². The van der Waals surface area contributed by atoms with E-state index < -0.39 is 0 Å². The average Bonchev–Trinajstić information content (AvgIpc) is 2.99. The van der Waals surface area contributed by atoms with Gasteiger partial charge in [0.1, 0.15) is 17.9 Å². The number of ketones is 1. The van der Waals surface area contributed by atoms with Crippen molar-refractivity contribution in [2.24, 2.45) is 0 Å². The number of para-hydroxylation sites is 2. The minimum atomic E-state index is 0.0484. The highest BCUT2D eigenvalue weighted by Gasteiger charge is 2.09. The molecule has 0 unspecified atom stereocenters. The quantitative estimate of drug-likeness (QED) is 0.652. The van der Waals surface area contributed by atoms with Crippen LogP contribution in [0.3, 0.4) is 0 Å². The maximum Gasteiger partial charge on any atom is 0.298 e. The number of hydrogen-bond acceptors (Lipinski definition) is 5. The van der Waals surface area contributed by atoms with Crippen LogP contribution in [-0.4, -0.2) is 31.0 Å². The van der Waals surface area contributed by atoms with Crippen LogP contribution in [0.25, 0.3) is 11.1 Å². The number of nitrogens with zero attached hydrogens (tertiary/aromatic N) is 2. The molecule has 118 valence electrons. The van der Waals surface area contributed by atoms with Crippen molar-refractivity contribution in [2.75, 3.05) is 25.1 Å². The monoisotopic (exact) mass is 310 g/mol. The molecule has 3 aromatic rings. The van der Waals surface area contributed by atoms with Crippen molar-refractivity contribution in [3.63, 3.8) is 0 Å². The van der Waals surface area contributed by atoms with Crippen LogP contribution < -0.4 is 9.64 Å². The molecule has 0 saturated heterocycles. The second kappa shape index (κ2) is 6.52. The maximum atomic E-state index is 11.2. The van der Waals surface area contributed by atoms with Gasteiger partial charge in [0, 0.05) is 12.6 Å². The fraction of sp³-hybridized carbons (Fsp3) is 0.222. The molecule has 0 N–H and O–H groups in total. The highest BCUT2D eigenvalue weighted by Crippen LogP contribution is 2.20. The van der Waals surface area contributed by atoms with Crippen LogP contribution in [0.2, 0.25) is 0 Å². The number of Topliss-reactive ketones (excluding diaryl/α,β-unsaturated/α-hetero) is 1. The number of carbonyl (C=O) groups is 1. The predicted molar refractivity (Wildman–Crippen MR) is 89.2 cm³/mol. The molecule has 0 aliphatic carbocycles. The Bertz CT molecular complexity index is 776. The number of anilines is 1. The van der Waals surface area contributed by atoms with Crippen molar-refractivity contribution in [1.82, 2.24) is 4.98 Å². The summed E-state index contributed by atoms with van der Waals surface area (Å²) in [5, 5.41) is 0. The first-order chi connectivity index (χ1) is 11.1. The van der Waals surface area contributed by atoms with Crippen molar-refractivity contribution in [2.45, 2.75) is 6.92 Å². The topological polar surface area (TPSA) is 55.6 Å². The number of benzene rings is 2. The fourth-order valence-corrected chi connectivity index (χ4v) is 2.21. The molecule has 2 aromatic carbocycles. The van der Waals surface area contributed by atoms with Gasteiger partial charge < -0.3 is 14.1 Å². The summed E-state index contributed by atoms with van der Waals surface area (Å²) in [6.07, 6.45) is 0. The lowest BCUT2D eigenvalue weighted by atomic mass is 10.1. The van der Waals surface area contributed by atoms with Gasteiger partial charge in [-0.3, -0.25) is 4.79 Å². The molecule has 0 spiro atoms. The summed E-state index contributed by atoms with van der Waals surface area (Å²) >= 11 is 0. The number of rotatable bonds is 6. The predicted octanol–water partition coefficient (Wildman–Crippen LogP) is 3.55. The van der Waals surface area contributed by atoms with Crippen molar-refractivity contribution in [3.05, 3.63) is 54.1 Å². The molecule has 0 fully saturated rings. The molecule has 0 aliphatic heterocycles. The number of ether oxygens (including phenoxy) is 1. The fourth-order valence-electron chi connectivity index (χ4n) is 2.21. The Hall–Kier alpha value is -2.82. The molecule has 0 saturated carbocycles. The third kappa shape index (κ3) is 3.51. The summed E-state index contributed by atoms with van der Waals surface area (Å²) < 4.78 is 11.4. The largest absolute Gasteiger partial charge is 0.492 e. The molecule has 1 aromatic heterocycles. The lowest BCUT2D eigenvalue weighted by Gasteiger charge is -2.14. The SMILES string of the molecule is CC(=O)c1ccc(OCCN(C)c2nc3ccccc3o2)cc1. The van der Waals surface area contributed by atoms with Gasteiger partial charge in [0.25, 0.3) is 6.01 Å². The van der Waals surface area contributed by atoms with Gasteiger partial charge in [0.15, 0.2) is 11.4 Å². The summed E-state index contributed by atoms with van der Waals surface area (Å²) in [4.78, 5) is 17.6. The Labute approximate surface area is 134 Å². The maximum absolute atomic E-state index is 11.2. The Morgan fingerprint density at radius 3 is 2.61 bits per heavy atom. The van der Waals surface area contributed by atoms with Gasteiger partial charge >= 0.3 is 0 Å². The van der Waals surface area contributed by atoms with E-state index in [-0.39, 0.29) is 5.78 Å². The molecule has 5 nitrogen and oxygen atoms in total. The average molecular weight is 310 g/mol. The van der Waals surface area contributed by atoms with E-state index in [1.807, 2.05) is 36.2 Å². The van der Waals surface area contributed by atoms with Gasteiger partial charge in [-0.05, 0) is 43.3 Å². The molecule has 23 heavy (non-hydrogen) atoms. The van der Waals surface area contributed by atoms with Crippen LogP contribution in [0.15, 0.2) is 52.9 Å². The second-order valence-electron chi connectivity index (χ2n) is 5.31. The van der Waals surface area contributed by atoms with Gasteiger partial charge in [-0.25, -0.2) is 0 Å². The first-order valence-electron chi connectivity index (χ1n) is 7.44. The van der Waals surface area contributed by atoms with Crippen molar-refractivity contribution < 1.29 is 13.9 Å². The molecule has 0 radical (unpaired) electrons. The van der Waals surface area contributed by atoms with Gasteiger partial charge in [0.05, 0.1) is 6.54 Å². The number of carbonyl (C=O) groups excluding carboxylic acids is 1. The van der Waals surface area contributed by atoms with Gasteiger partial charge in [0.2, 0.25) is 0 Å². The van der Waals surface area contributed by atoms with Gasteiger partial charge in [-0.1, -0.05) is 12.1 Å². The third-order valence-corrected chi connectivity index (χ3v) is 3.57. The number of likely N-dealkylation sites (N-methyl/N-ethyl adjacent to an activating group) is 1. The molecule has 1 heterocycles. The zero-order valence-corrected chi connectivity index (χ0v) is 13.2. The molecule has 3 rings (SSSR count). The molecule has 0 aliphatic rings. The highest BCUT2D eigenvalue weighted by atomic mass is 16.5. The van der Waals surface area contributed by atoms with Gasteiger partial charge in [-0.15, -0.1) is 0 Å². The van der Waals surface area contributed by atoms with Crippen molar-refractivity contribution in [3.8, 4) is 5.75 Å². The minimum absolute atomic E-state index is 0.0484. The number of hydrogen-bond donors (Lipinski definition) is 0. The standard InChI is InChI=1S/C18H18N2O3/c1-13(21)14-7-9-15(10-8-14)22-12-11-20(2)18-19-16-5-3-4-6-17(16)23-18/h3-10H,11-12H2,1-2H3. The number of fused-ring (bicyclic) bond motifs is 1. The van der Waals surface area contributed by atoms with Crippen LogP contribution in [0.1, 0.15) is 17.3 Å². The molecule has 0 bridgehead atoms. The van der Waals surface area contributed by atoms with E-state index in [1.165, 1.54) is 0 Å². The van der Waals surface area contributed by atoms with Crippen LogP contribution in [-0.2, 0) is 0 Å². The third-order valence-electron chi connectivity index (χ3n) is 3.57. The molecular weight excluding hydrogens is 292 g/mol. The summed E-state index contributed by atoms with van der Waals surface area (Å²) in [7, 11) is 1.91. The summed E-state index contributed by atoms with van der Waals surface area (Å²) in [5.74, 6) is 0.785. The summed E-state index contributed by atoms with van der Waals surface area (Å²) in [6, 6.07) is 15.4. The van der Waals surface area contributed by atoms with E-state index in [0.29, 0.717) is 24.7 Å². The molecule has 5 heteroatoms. The second-order valence-corrected chi connectivity index (χ2v) is 5.31. The number of oxazole rings is 1. The Morgan fingerprint density at radius 1 is 1.17 bits per heavy atom. The smallest absolute Gasteiger partial charge is 0.298 e. The first kappa shape index (κ1) is 15.1. The van der Waals surface area contributed by atoms with E-state index in [2.05, 4.69) is 4.98 Å². The first-order valence-corrected chi connectivity index (χ1v) is 7.44. The van der Waals surface area contributed by atoms with E-state index >= 15 is 0 Å². The lowest BCUT2D eigenvalue weighted by Crippen LogP contribution is -2.23. The Morgan fingerprint density at radius 2 is 1.91 bits per heavy atom. The zero-order chi connectivity index (χ0) is 16.2. The van der Waals surface area contributed by atoms with Crippen LogP contribution >= 0.6 is 0 Å². The Kier molecular flexibility index (Phi) is 4.28. The van der Waals surface area contributed by atoms with Crippen LogP contribution in [0.5, 0.6) is 5.75 Å². The van der Waals surface area contributed by atoms with Crippen LogP contribution in [0, 0.1) is 0 Å². The summed E-state index contributed by atoms with van der Waals surface area (Å²) in [5.41, 5.74) is 2.30.